The first kappa shape index (κ1) is 18.9. The number of carbonyl (C=O) groups is 1. The Hall–Kier alpha value is -1.84. The van der Waals surface area contributed by atoms with Gasteiger partial charge in [0.2, 0.25) is 0 Å². The SMILES string of the molecule is C/C=C(/CSC1CNC1)N=C1Cc2ccc(F)c(C(=O)O)c2OB1OC. The van der Waals surface area contributed by atoms with Crippen molar-refractivity contribution in [3.63, 3.8) is 0 Å². The van der Waals surface area contributed by atoms with E-state index in [-0.39, 0.29) is 5.75 Å². The molecular formula is C17H20BFN2O4S. The van der Waals surface area contributed by atoms with Crippen LogP contribution in [-0.4, -0.2) is 55.0 Å². The molecule has 26 heavy (non-hydrogen) atoms. The third-order valence-corrected chi connectivity index (χ3v) is 5.58. The number of fused-ring (bicyclic) bond motifs is 1. The summed E-state index contributed by atoms with van der Waals surface area (Å²) in [5.74, 6) is -1.40. The fraction of sp³-hybridized carbons (Fsp3) is 0.412. The molecule has 0 amide bonds. The summed E-state index contributed by atoms with van der Waals surface area (Å²) < 4.78 is 24.9. The first-order valence-electron chi connectivity index (χ1n) is 8.32. The topological polar surface area (TPSA) is 80.2 Å². The van der Waals surface area contributed by atoms with Gasteiger partial charge in [-0.05, 0) is 18.6 Å². The fourth-order valence-electron chi connectivity index (χ4n) is 2.75. The Bertz CT molecular complexity index is 767. The highest BCUT2D eigenvalue weighted by Gasteiger charge is 2.36. The van der Waals surface area contributed by atoms with Crippen LogP contribution in [0.2, 0.25) is 0 Å². The molecule has 0 aromatic heterocycles. The Morgan fingerprint density at radius 1 is 1.58 bits per heavy atom. The van der Waals surface area contributed by atoms with Crippen LogP contribution in [-0.2, 0) is 11.1 Å². The monoisotopic (exact) mass is 378 g/mol. The van der Waals surface area contributed by atoms with Crippen molar-refractivity contribution >= 4 is 30.5 Å². The molecule has 1 aromatic rings. The molecule has 2 N–H and O–H groups in total. The predicted molar refractivity (Wildman–Crippen MR) is 101 cm³/mol. The number of aliphatic imine (C=N–C) groups is 1. The molecule has 0 bridgehead atoms. The zero-order valence-electron chi connectivity index (χ0n) is 14.6. The van der Waals surface area contributed by atoms with Gasteiger partial charge in [-0.2, -0.15) is 0 Å². The van der Waals surface area contributed by atoms with E-state index in [9.17, 15) is 14.3 Å². The summed E-state index contributed by atoms with van der Waals surface area (Å²) in [5.41, 5.74) is 1.67. The highest BCUT2D eigenvalue weighted by molar-refractivity contribution is 8.00. The molecule has 2 aliphatic heterocycles. The molecule has 138 valence electrons. The predicted octanol–water partition coefficient (Wildman–Crippen LogP) is 2.18. The number of nitrogens with zero attached hydrogens (tertiary/aromatic N) is 1. The van der Waals surface area contributed by atoms with Gasteiger partial charge >= 0.3 is 13.1 Å². The van der Waals surface area contributed by atoms with Gasteiger partial charge in [0.05, 0.1) is 5.61 Å². The van der Waals surface area contributed by atoms with Crippen LogP contribution < -0.4 is 9.97 Å². The van der Waals surface area contributed by atoms with Crippen molar-refractivity contribution in [3.05, 3.63) is 40.8 Å². The van der Waals surface area contributed by atoms with Crippen LogP contribution in [0.4, 0.5) is 4.39 Å². The minimum Gasteiger partial charge on any atom is -0.531 e. The number of hydrogen-bond donors (Lipinski definition) is 2. The quantitative estimate of drug-likeness (QED) is 0.739. The molecule has 0 unspecified atom stereocenters. The number of nitrogens with one attached hydrogen (secondary N) is 1. The van der Waals surface area contributed by atoms with E-state index in [1.165, 1.54) is 13.2 Å². The summed E-state index contributed by atoms with van der Waals surface area (Å²) in [6, 6.07) is 2.68. The van der Waals surface area contributed by atoms with Crippen LogP contribution >= 0.6 is 11.8 Å². The van der Waals surface area contributed by atoms with E-state index in [1.54, 1.807) is 0 Å². The maximum absolute atomic E-state index is 13.9. The first-order valence-corrected chi connectivity index (χ1v) is 9.37. The lowest BCUT2D eigenvalue weighted by Gasteiger charge is -2.27. The van der Waals surface area contributed by atoms with Crippen LogP contribution in [0.5, 0.6) is 5.75 Å². The van der Waals surface area contributed by atoms with Crippen LogP contribution in [0.1, 0.15) is 22.8 Å². The minimum absolute atomic E-state index is 0.0141. The van der Waals surface area contributed by atoms with Gasteiger partial charge in [-0.3, -0.25) is 4.99 Å². The second kappa shape index (κ2) is 8.24. The number of thioether (sulfide) groups is 1. The molecule has 0 atom stereocenters. The summed E-state index contributed by atoms with van der Waals surface area (Å²) in [5, 5.41) is 13.1. The molecule has 1 fully saturated rings. The summed E-state index contributed by atoms with van der Waals surface area (Å²) in [7, 11) is 0.613. The van der Waals surface area contributed by atoms with Crippen molar-refractivity contribution in [2.24, 2.45) is 4.99 Å². The normalized spacial score (nSPS) is 19.1. The molecule has 0 radical (unpaired) electrons. The van der Waals surface area contributed by atoms with Gasteiger partial charge in [0.15, 0.2) is 0 Å². The summed E-state index contributed by atoms with van der Waals surface area (Å²) in [6.45, 7) is 3.95. The first-order chi connectivity index (χ1) is 12.5. The second-order valence-corrected chi connectivity index (χ2v) is 7.34. The molecule has 6 nitrogen and oxygen atoms in total. The Balaban J connectivity index is 1.85. The van der Waals surface area contributed by atoms with Gasteiger partial charge < -0.3 is 19.7 Å². The van der Waals surface area contributed by atoms with Gasteiger partial charge in [0.1, 0.15) is 17.1 Å². The van der Waals surface area contributed by atoms with Crippen molar-refractivity contribution in [1.29, 1.82) is 0 Å². The lowest BCUT2D eigenvalue weighted by Crippen LogP contribution is -2.44. The highest BCUT2D eigenvalue weighted by Crippen LogP contribution is 2.32. The van der Waals surface area contributed by atoms with Crippen molar-refractivity contribution in [2.75, 3.05) is 26.0 Å². The molecular weight excluding hydrogens is 358 g/mol. The van der Waals surface area contributed by atoms with Crippen molar-refractivity contribution in [2.45, 2.75) is 18.6 Å². The third kappa shape index (κ3) is 3.95. The molecule has 9 heteroatoms. The number of benzene rings is 1. The molecule has 2 heterocycles. The molecule has 3 rings (SSSR count). The lowest BCUT2D eigenvalue weighted by atomic mass is 9.74. The van der Waals surface area contributed by atoms with Crippen LogP contribution in [0.15, 0.2) is 28.9 Å². The smallest absolute Gasteiger partial charge is 0.531 e. The lowest BCUT2D eigenvalue weighted by molar-refractivity contribution is 0.0689. The van der Waals surface area contributed by atoms with Crippen LogP contribution in [0.3, 0.4) is 0 Å². The summed E-state index contributed by atoms with van der Waals surface area (Å²) in [6.07, 6.45) is 2.29. The van der Waals surface area contributed by atoms with Crippen molar-refractivity contribution in [3.8, 4) is 5.75 Å². The Morgan fingerprint density at radius 2 is 2.35 bits per heavy atom. The standard InChI is InChI=1S/C17H20BFN2O4S/c1-3-11(9-26-12-7-20-8-12)21-14-6-10-4-5-13(19)15(17(22)23)16(10)25-18(14)24-2/h3-5,12,20H,6-9H2,1-2H3,(H,22,23)/b11-3-,21-14?. The maximum atomic E-state index is 13.9. The van der Waals surface area contributed by atoms with E-state index in [2.05, 4.69) is 10.3 Å². The number of aromatic carboxylic acids is 1. The molecule has 0 saturated carbocycles. The maximum Gasteiger partial charge on any atom is 0.578 e. The fourth-order valence-corrected chi connectivity index (χ4v) is 3.86. The summed E-state index contributed by atoms with van der Waals surface area (Å²) in [4.78, 5) is 16.0. The van der Waals surface area contributed by atoms with E-state index >= 15 is 0 Å². The molecule has 0 spiro atoms. The average Bonchev–Trinajstić information content (AvgIpc) is 2.58. The van der Waals surface area contributed by atoms with E-state index in [0.29, 0.717) is 22.8 Å². The Kier molecular flexibility index (Phi) is 6.00. The second-order valence-electron chi connectivity index (χ2n) is 6.05. The number of carboxylic acids is 1. The van der Waals surface area contributed by atoms with E-state index < -0.39 is 24.5 Å². The zero-order chi connectivity index (χ0) is 18.7. The van der Waals surface area contributed by atoms with Crippen molar-refractivity contribution in [1.82, 2.24) is 5.32 Å². The largest absolute Gasteiger partial charge is 0.578 e. The number of carboxylic acid groups (broad SMARTS) is 1. The Morgan fingerprint density at radius 3 is 2.92 bits per heavy atom. The van der Waals surface area contributed by atoms with Crippen molar-refractivity contribution < 1.29 is 23.6 Å². The zero-order valence-corrected chi connectivity index (χ0v) is 15.4. The number of hydrogen-bond acceptors (Lipinski definition) is 6. The minimum atomic E-state index is -1.37. The van der Waals surface area contributed by atoms with Crippen LogP contribution in [0.25, 0.3) is 0 Å². The average molecular weight is 378 g/mol. The molecule has 1 aromatic carbocycles. The molecule has 2 aliphatic rings. The van der Waals surface area contributed by atoms with Gasteiger partial charge in [-0.15, -0.1) is 11.8 Å². The van der Waals surface area contributed by atoms with Gasteiger partial charge in [-0.1, -0.05) is 12.1 Å². The summed E-state index contributed by atoms with van der Waals surface area (Å²) >= 11 is 1.84. The molecule has 1 saturated heterocycles. The number of halogens is 1. The number of rotatable bonds is 6. The molecule has 0 aliphatic carbocycles. The third-order valence-electron chi connectivity index (χ3n) is 4.32. The van der Waals surface area contributed by atoms with E-state index in [0.717, 1.165) is 30.6 Å². The van der Waals surface area contributed by atoms with E-state index in [1.807, 2.05) is 24.8 Å². The highest BCUT2D eigenvalue weighted by atomic mass is 32.2. The van der Waals surface area contributed by atoms with Gasteiger partial charge in [0, 0.05) is 43.3 Å². The van der Waals surface area contributed by atoms with E-state index in [4.69, 9.17) is 9.31 Å². The van der Waals surface area contributed by atoms with Crippen LogP contribution in [0, 0.1) is 5.82 Å². The van der Waals surface area contributed by atoms with Gasteiger partial charge in [-0.25, -0.2) is 9.18 Å². The van der Waals surface area contributed by atoms with Gasteiger partial charge in [0.25, 0.3) is 0 Å². The number of allylic oxidation sites excluding steroid dienone is 1. The Labute approximate surface area is 156 Å².